The number of halogens is 1. The van der Waals surface area contributed by atoms with Crippen molar-refractivity contribution in [1.29, 1.82) is 5.26 Å². The highest BCUT2D eigenvalue weighted by Crippen LogP contribution is 2.22. The van der Waals surface area contributed by atoms with Crippen LogP contribution in [0, 0.1) is 11.3 Å². The Morgan fingerprint density at radius 2 is 2.50 bits per heavy atom. The summed E-state index contributed by atoms with van der Waals surface area (Å²) in [6.45, 7) is 1.77. The first-order valence-corrected chi connectivity index (χ1v) is 4.48. The molecule has 0 bridgehead atoms. The first-order chi connectivity index (χ1) is 6.69. The molecule has 4 nitrogen and oxygen atoms in total. The van der Waals surface area contributed by atoms with Gasteiger partial charge in [0.25, 0.3) is 0 Å². The molecule has 1 heterocycles. The molecule has 1 rings (SSSR count). The molecular formula is C9H10ClN3O. The fraction of sp³-hybridized carbons (Fsp3) is 0.333. The number of aliphatic hydroxyl groups excluding tert-OH is 1. The van der Waals surface area contributed by atoms with Gasteiger partial charge in [0.15, 0.2) is 0 Å². The largest absolute Gasteiger partial charge is 0.394 e. The molecule has 1 aromatic heterocycles. The van der Waals surface area contributed by atoms with E-state index >= 15 is 0 Å². The summed E-state index contributed by atoms with van der Waals surface area (Å²) in [4.78, 5) is 3.97. The van der Waals surface area contributed by atoms with Crippen molar-refractivity contribution < 1.29 is 5.11 Å². The van der Waals surface area contributed by atoms with Gasteiger partial charge >= 0.3 is 0 Å². The fourth-order valence-electron chi connectivity index (χ4n) is 0.910. The molecule has 0 aliphatic heterocycles. The quantitative estimate of drug-likeness (QED) is 0.793. The Kier molecular flexibility index (Phi) is 3.69. The second-order valence-corrected chi connectivity index (χ2v) is 3.24. The molecule has 1 atom stereocenters. The van der Waals surface area contributed by atoms with E-state index in [2.05, 4.69) is 10.3 Å². The molecule has 0 spiro atoms. The lowest BCUT2D eigenvalue weighted by Crippen LogP contribution is -2.20. The molecule has 0 aliphatic carbocycles. The van der Waals surface area contributed by atoms with Gasteiger partial charge in [-0.05, 0) is 13.0 Å². The van der Waals surface area contributed by atoms with Crippen LogP contribution in [0.2, 0.25) is 5.02 Å². The van der Waals surface area contributed by atoms with Crippen molar-refractivity contribution in [2.45, 2.75) is 13.0 Å². The number of aromatic nitrogens is 1. The number of aliphatic hydroxyl groups is 1. The second kappa shape index (κ2) is 4.80. The minimum atomic E-state index is -0.144. The molecule has 0 unspecified atom stereocenters. The van der Waals surface area contributed by atoms with E-state index in [9.17, 15) is 0 Å². The van der Waals surface area contributed by atoms with E-state index in [4.69, 9.17) is 22.0 Å². The summed E-state index contributed by atoms with van der Waals surface area (Å²) < 4.78 is 0. The number of hydrogen-bond donors (Lipinski definition) is 2. The van der Waals surface area contributed by atoms with Crippen molar-refractivity contribution in [1.82, 2.24) is 4.98 Å². The van der Waals surface area contributed by atoms with Gasteiger partial charge in [0.1, 0.15) is 16.9 Å². The molecule has 2 N–H and O–H groups in total. The molecule has 1 aromatic rings. The fourth-order valence-corrected chi connectivity index (χ4v) is 1.12. The Balaban J connectivity index is 2.94. The van der Waals surface area contributed by atoms with Crippen LogP contribution in [0.1, 0.15) is 12.5 Å². The van der Waals surface area contributed by atoms with Crippen LogP contribution >= 0.6 is 11.6 Å². The number of nitriles is 1. The van der Waals surface area contributed by atoms with E-state index in [1.807, 2.05) is 6.07 Å². The monoisotopic (exact) mass is 211 g/mol. The third-order valence-electron chi connectivity index (χ3n) is 1.67. The summed E-state index contributed by atoms with van der Waals surface area (Å²) >= 11 is 5.88. The van der Waals surface area contributed by atoms with Crippen LogP contribution in [0.15, 0.2) is 12.3 Å². The van der Waals surface area contributed by atoms with Crippen LogP contribution in [-0.4, -0.2) is 22.7 Å². The summed E-state index contributed by atoms with van der Waals surface area (Å²) in [5.74, 6) is 0.423. The Labute approximate surface area is 87.2 Å². The zero-order chi connectivity index (χ0) is 10.6. The van der Waals surface area contributed by atoms with Crippen LogP contribution in [0.4, 0.5) is 5.82 Å². The predicted octanol–water partition coefficient (Wildman–Crippen LogP) is 1.40. The predicted molar refractivity (Wildman–Crippen MR) is 54.1 cm³/mol. The molecular weight excluding hydrogens is 202 g/mol. The van der Waals surface area contributed by atoms with E-state index in [-0.39, 0.29) is 17.7 Å². The average molecular weight is 212 g/mol. The SMILES string of the molecule is C[C@@H](CO)Nc1nccc(C#N)c1Cl. The number of nitrogens with zero attached hydrogens (tertiary/aromatic N) is 2. The van der Waals surface area contributed by atoms with Crippen LogP contribution < -0.4 is 5.32 Å². The molecule has 0 aromatic carbocycles. The van der Waals surface area contributed by atoms with E-state index in [0.29, 0.717) is 11.4 Å². The maximum atomic E-state index is 8.82. The first-order valence-electron chi connectivity index (χ1n) is 4.11. The smallest absolute Gasteiger partial charge is 0.146 e. The third kappa shape index (κ3) is 2.34. The molecule has 0 fully saturated rings. The highest BCUT2D eigenvalue weighted by Gasteiger charge is 2.08. The minimum Gasteiger partial charge on any atom is -0.394 e. The summed E-state index contributed by atoms with van der Waals surface area (Å²) in [6.07, 6.45) is 1.50. The second-order valence-electron chi connectivity index (χ2n) is 2.86. The Morgan fingerprint density at radius 3 is 3.07 bits per heavy atom. The van der Waals surface area contributed by atoms with Gasteiger partial charge in [-0.15, -0.1) is 0 Å². The Bertz CT molecular complexity index is 362. The highest BCUT2D eigenvalue weighted by molar-refractivity contribution is 6.34. The van der Waals surface area contributed by atoms with Gasteiger partial charge in [0.2, 0.25) is 0 Å². The van der Waals surface area contributed by atoms with Crippen molar-refractivity contribution in [3.8, 4) is 6.07 Å². The number of pyridine rings is 1. The maximum absolute atomic E-state index is 8.82. The lowest BCUT2D eigenvalue weighted by molar-refractivity contribution is 0.281. The van der Waals surface area contributed by atoms with Crippen LogP contribution in [0.3, 0.4) is 0 Å². The molecule has 74 valence electrons. The number of rotatable bonds is 3. The van der Waals surface area contributed by atoms with Crippen molar-refractivity contribution in [3.63, 3.8) is 0 Å². The topological polar surface area (TPSA) is 68.9 Å². The van der Waals surface area contributed by atoms with Crippen LogP contribution in [0.5, 0.6) is 0 Å². The zero-order valence-electron chi connectivity index (χ0n) is 7.66. The van der Waals surface area contributed by atoms with Crippen LogP contribution in [0.25, 0.3) is 0 Å². The lowest BCUT2D eigenvalue weighted by atomic mass is 10.2. The number of anilines is 1. The van der Waals surface area contributed by atoms with E-state index in [0.717, 1.165) is 0 Å². The van der Waals surface area contributed by atoms with Crippen LogP contribution in [-0.2, 0) is 0 Å². The van der Waals surface area contributed by atoms with Crippen molar-refractivity contribution >= 4 is 17.4 Å². The zero-order valence-corrected chi connectivity index (χ0v) is 8.41. The van der Waals surface area contributed by atoms with E-state index < -0.39 is 0 Å². The van der Waals surface area contributed by atoms with Gasteiger partial charge in [0.05, 0.1) is 12.2 Å². The third-order valence-corrected chi connectivity index (χ3v) is 2.05. The number of nitrogens with one attached hydrogen (secondary N) is 1. The van der Waals surface area contributed by atoms with Gasteiger partial charge in [-0.1, -0.05) is 11.6 Å². The molecule has 0 amide bonds. The standard InChI is InChI=1S/C9H10ClN3O/c1-6(5-14)13-9-8(10)7(4-11)2-3-12-9/h2-3,6,14H,5H2,1H3,(H,12,13)/t6-/m0/s1. The molecule has 0 radical (unpaired) electrons. The van der Waals surface area contributed by atoms with Crippen molar-refractivity contribution in [3.05, 3.63) is 22.8 Å². The van der Waals surface area contributed by atoms with Crippen molar-refractivity contribution in [2.75, 3.05) is 11.9 Å². The molecule has 0 saturated heterocycles. The minimum absolute atomic E-state index is 0.0191. The van der Waals surface area contributed by atoms with Gasteiger partial charge in [-0.25, -0.2) is 4.98 Å². The van der Waals surface area contributed by atoms with Crippen molar-refractivity contribution in [2.24, 2.45) is 0 Å². The first kappa shape index (κ1) is 10.8. The van der Waals surface area contributed by atoms with Gasteiger partial charge < -0.3 is 10.4 Å². The Morgan fingerprint density at radius 1 is 1.79 bits per heavy atom. The maximum Gasteiger partial charge on any atom is 0.146 e. The highest BCUT2D eigenvalue weighted by atomic mass is 35.5. The summed E-state index contributed by atoms with van der Waals surface area (Å²) in [5, 5.41) is 20.7. The summed E-state index contributed by atoms with van der Waals surface area (Å²) in [5.41, 5.74) is 0.370. The van der Waals surface area contributed by atoms with Gasteiger partial charge in [0, 0.05) is 12.2 Å². The molecule has 14 heavy (non-hydrogen) atoms. The van der Waals surface area contributed by atoms with Gasteiger partial charge in [-0.2, -0.15) is 5.26 Å². The van der Waals surface area contributed by atoms with E-state index in [1.54, 1.807) is 6.92 Å². The average Bonchev–Trinajstić information content (AvgIpc) is 2.21. The normalized spacial score (nSPS) is 11.9. The lowest BCUT2D eigenvalue weighted by Gasteiger charge is -2.12. The summed E-state index contributed by atoms with van der Waals surface area (Å²) in [7, 11) is 0. The molecule has 0 aliphatic rings. The molecule has 5 heteroatoms. The summed E-state index contributed by atoms with van der Waals surface area (Å²) in [6, 6.07) is 3.35. The number of hydrogen-bond acceptors (Lipinski definition) is 4. The van der Waals surface area contributed by atoms with Gasteiger partial charge in [-0.3, -0.25) is 0 Å². The molecule has 0 saturated carbocycles. The Hall–Kier alpha value is -1.31. The van der Waals surface area contributed by atoms with E-state index in [1.165, 1.54) is 12.3 Å².